The summed E-state index contributed by atoms with van der Waals surface area (Å²) in [6.07, 6.45) is 3.27. The van der Waals surface area contributed by atoms with Crippen molar-refractivity contribution in [3.63, 3.8) is 0 Å². The summed E-state index contributed by atoms with van der Waals surface area (Å²) in [7, 11) is 0. The highest BCUT2D eigenvalue weighted by Crippen LogP contribution is 2.04. The molecule has 0 radical (unpaired) electrons. The lowest BCUT2D eigenvalue weighted by Gasteiger charge is -2.10. The van der Waals surface area contributed by atoms with E-state index in [4.69, 9.17) is 0 Å². The molecular weight excluding hydrogens is 152 g/mol. The van der Waals surface area contributed by atoms with Gasteiger partial charge in [-0.3, -0.25) is 0 Å². The minimum absolute atomic E-state index is 0.122. The van der Waals surface area contributed by atoms with Crippen molar-refractivity contribution < 1.29 is 5.11 Å². The first kappa shape index (κ1) is 9.96. The molecule has 2 atom stereocenters. The van der Waals surface area contributed by atoms with Crippen molar-refractivity contribution in [1.29, 1.82) is 0 Å². The summed E-state index contributed by atoms with van der Waals surface area (Å²) in [4.78, 5) is 0. The van der Waals surface area contributed by atoms with E-state index in [2.05, 4.69) is 17.6 Å². The van der Waals surface area contributed by atoms with Crippen LogP contribution in [0.5, 0.6) is 0 Å². The van der Waals surface area contributed by atoms with E-state index in [9.17, 15) is 5.11 Å². The van der Waals surface area contributed by atoms with E-state index < -0.39 is 0 Å². The van der Waals surface area contributed by atoms with Crippen molar-refractivity contribution in [2.24, 2.45) is 0 Å². The van der Waals surface area contributed by atoms with Crippen LogP contribution in [0.15, 0.2) is 0 Å². The van der Waals surface area contributed by atoms with Gasteiger partial charge >= 0.3 is 0 Å². The summed E-state index contributed by atoms with van der Waals surface area (Å²) in [5, 5.41) is 15.9. The minimum Gasteiger partial charge on any atom is -0.392 e. The minimum atomic E-state index is -0.122. The van der Waals surface area contributed by atoms with Crippen molar-refractivity contribution in [3.8, 4) is 0 Å². The lowest BCUT2D eigenvalue weighted by atomic mass is 10.2. The third-order valence-electron chi connectivity index (χ3n) is 2.30. The Hall–Kier alpha value is -0.120. The van der Waals surface area contributed by atoms with Gasteiger partial charge in [-0.2, -0.15) is 0 Å². The molecule has 0 bridgehead atoms. The molecule has 72 valence electrons. The number of aliphatic hydroxyl groups is 1. The summed E-state index contributed by atoms with van der Waals surface area (Å²) >= 11 is 0. The molecule has 1 saturated heterocycles. The van der Waals surface area contributed by atoms with Gasteiger partial charge in [-0.05, 0) is 19.4 Å². The maximum absolute atomic E-state index is 9.21. The average molecular weight is 172 g/mol. The quantitative estimate of drug-likeness (QED) is 0.515. The second-order valence-electron chi connectivity index (χ2n) is 3.55. The summed E-state index contributed by atoms with van der Waals surface area (Å²) in [5.41, 5.74) is 0. The molecule has 12 heavy (non-hydrogen) atoms. The Labute approximate surface area is 74.5 Å². The number of hydrogen-bond donors (Lipinski definition) is 3. The van der Waals surface area contributed by atoms with Gasteiger partial charge in [-0.25, -0.2) is 0 Å². The molecule has 1 heterocycles. The highest BCUT2D eigenvalue weighted by Gasteiger charge is 2.20. The molecule has 0 aliphatic carbocycles. The Morgan fingerprint density at radius 2 is 2.42 bits per heavy atom. The number of β-amino-alcohol motifs (C(OH)–C–C–N with tert-alkyl or cyclic N) is 1. The molecule has 3 nitrogen and oxygen atoms in total. The van der Waals surface area contributed by atoms with Gasteiger partial charge in [0.05, 0.1) is 6.10 Å². The molecule has 1 aliphatic rings. The third-order valence-corrected chi connectivity index (χ3v) is 2.30. The second kappa shape index (κ2) is 5.51. The zero-order valence-electron chi connectivity index (χ0n) is 7.84. The Kier molecular flexibility index (Phi) is 4.58. The van der Waals surface area contributed by atoms with E-state index in [1.807, 2.05) is 0 Å². The standard InChI is InChI=1S/C9H20N2O/c1-2-3-4-10-6-8-5-9(12)7-11-8/h8-12H,2-7H2,1H3. The van der Waals surface area contributed by atoms with E-state index in [1.165, 1.54) is 12.8 Å². The van der Waals surface area contributed by atoms with E-state index in [0.29, 0.717) is 6.04 Å². The Bertz CT molecular complexity index is 119. The van der Waals surface area contributed by atoms with Crippen LogP contribution in [0.3, 0.4) is 0 Å². The largest absolute Gasteiger partial charge is 0.392 e. The van der Waals surface area contributed by atoms with Crippen molar-refractivity contribution >= 4 is 0 Å². The average Bonchev–Trinajstić information content (AvgIpc) is 2.45. The van der Waals surface area contributed by atoms with E-state index in [1.54, 1.807) is 0 Å². The molecular formula is C9H20N2O. The summed E-state index contributed by atoms with van der Waals surface area (Å²) in [5.74, 6) is 0. The van der Waals surface area contributed by atoms with Gasteiger partial charge in [-0.15, -0.1) is 0 Å². The van der Waals surface area contributed by atoms with Gasteiger partial charge in [0, 0.05) is 19.1 Å². The highest BCUT2D eigenvalue weighted by atomic mass is 16.3. The molecule has 1 aliphatic heterocycles. The number of unbranched alkanes of at least 4 members (excludes halogenated alkanes) is 1. The molecule has 3 heteroatoms. The molecule has 0 aromatic rings. The molecule has 0 saturated carbocycles. The normalized spacial score (nSPS) is 29.5. The maximum Gasteiger partial charge on any atom is 0.0680 e. The van der Waals surface area contributed by atoms with Crippen LogP contribution in [0.4, 0.5) is 0 Å². The second-order valence-corrected chi connectivity index (χ2v) is 3.55. The zero-order chi connectivity index (χ0) is 8.81. The summed E-state index contributed by atoms with van der Waals surface area (Å²) < 4.78 is 0. The third kappa shape index (κ3) is 3.52. The maximum atomic E-state index is 9.21. The van der Waals surface area contributed by atoms with E-state index >= 15 is 0 Å². The van der Waals surface area contributed by atoms with Crippen LogP contribution >= 0.6 is 0 Å². The lowest BCUT2D eigenvalue weighted by Crippen LogP contribution is -2.34. The number of hydrogen-bond acceptors (Lipinski definition) is 3. The topological polar surface area (TPSA) is 44.3 Å². The first-order valence-electron chi connectivity index (χ1n) is 4.95. The molecule has 0 aromatic heterocycles. The van der Waals surface area contributed by atoms with Gasteiger partial charge in [0.25, 0.3) is 0 Å². The van der Waals surface area contributed by atoms with Crippen molar-refractivity contribution in [3.05, 3.63) is 0 Å². The van der Waals surface area contributed by atoms with Gasteiger partial charge in [0.15, 0.2) is 0 Å². The van der Waals surface area contributed by atoms with Gasteiger partial charge in [0.2, 0.25) is 0 Å². The summed E-state index contributed by atoms with van der Waals surface area (Å²) in [6, 6.07) is 0.483. The van der Waals surface area contributed by atoms with Crippen LogP contribution in [-0.2, 0) is 0 Å². The van der Waals surface area contributed by atoms with Gasteiger partial charge in [0.1, 0.15) is 0 Å². The van der Waals surface area contributed by atoms with Gasteiger partial charge in [-0.1, -0.05) is 13.3 Å². The number of rotatable bonds is 5. The van der Waals surface area contributed by atoms with Crippen LogP contribution < -0.4 is 10.6 Å². The molecule has 0 amide bonds. The van der Waals surface area contributed by atoms with Crippen molar-refractivity contribution in [2.75, 3.05) is 19.6 Å². The lowest BCUT2D eigenvalue weighted by molar-refractivity contribution is 0.193. The molecule has 0 spiro atoms. The molecule has 3 N–H and O–H groups in total. The fourth-order valence-electron chi connectivity index (χ4n) is 1.53. The first-order chi connectivity index (χ1) is 5.83. The Morgan fingerprint density at radius 3 is 3.00 bits per heavy atom. The number of nitrogens with one attached hydrogen (secondary N) is 2. The van der Waals surface area contributed by atoms with Crippen molar-refractivity contribution in [2.45, 2.75) is 38.3 Å². The molecule has 0 aromatic carbocycles. The van der Waals surface area contributed by atoms with E-state index in [0.717, 1.165) is 26.1 Å². The van der Waals surface area contributed by atoms with Crippen molar-refractivity contribution in [1.82, 2.24) is 10.6 Å². The molecule has 1 rings (SSSR count). The smallest absolute Gasteiger partial charge is 0.0680 e. The summed E-state index contributed by atoms with van der Waals surface area (Å²) in [6.45, 7) is 5.06. The van der Waals surface area contributed by atoms with Crippen LogP contribution in [-0.4, -0.2) is 36.9 Å². The Balaban J connectivity index is 1.93. The first-order valence-corrected chi connectivity index (χ1v) is 4.95. The van der Waals surface area contributed by atoms with Crippen LogP contribution in [0.1, 0.15) is 26.2 Å². The predicted molar refractivity (Wildman–Crippen MR) is 50.2 cm³/mol. The van der Waals surface area contributed by atoms with Crippen LogP contribution in [0.2, 0.25) is 0 Å². The van der Waals surface area contributed by atoms with Gasteiger partial charge < -0.3 is 15.7 Å². The van der Waals surface area contributed by atoms with Crippen LogP contribution in [0, 0.1) is 0 Å². The molecule has 1 fully saturated rings. The fraction of sp³-hybridized carbons (Fsp3) is 1.00. The monoisotopic (exact) mass is 172 g/mol. The SMILES string of the molecule is CCCCNCC1CC(O)CN1. The predicted octanol–water partition coefficient (Wildman–Crippen LogP) is 0.0989. The number of aliphatic hydroxyl groups excluding tert-OH is 1. The Morgan fingerprint density at radius 1 is 1.58 bits per heavy atom. The highest BCUT2D eigenvalue weighted by molar-refractivity contribution is 4.82. The van der Waals surface area contributed by atoms with E-state index in [-0.39, 0.29) is 6.10 Å². The molecule has 2 unspecified atom stereocenters. The zero-order valence-corrected chi connectivity index (χ0v) is 7.84. The fourth-order valence-corrected chi connectivity index (χ4v) is 1.53. The van der Waals surface area contributed by atoms with Crippen LogP contribution in [0.25, 0.3) is 0 Å².